The van der Waals surface area contributed by atoms with E-state index in [1.165, 1.54) is 18.3 Å². The fourth-order valence-corrected chi connectivity index (χ4v) is 4.35. The molecule has 38 heavy (non-hydrogen) atoms. The maximum atomic E-state index is 13.2. The lowest BCUT2D eigenvalue weighted by molar-refractivity contribution is -0.136. The smallest absolute Gasteiger partial charge is 0.329 e. The molecule has 0 aliphatic rings. The lowest BCUT2D eigenvalue weighted by atomic mass is 10.0. The number of carbonyl (C=O) groups is 2. The van der Waals surface area contributed by atoms with Gasteiger partial charge in [0.1, 0.15) is 23.2 Å². The number of fused-ring (bicyclic) bond motifs is 1. The van der Waals surface area contributed by atoms with Gasteiger partial charge in [0.15, 0.2) is 0 Å². The van der Waals surface area contributed by atoms with Crippen LogP contribution in [-0.4, -0.2) is 28.2 Å². The summed E-state index contributed by atoms with van der Waals surface area (Å²) in [5.74, 6) is -1.71. The number of ether oxygens (including phenoxy) is 1. The zero-order valence-electron chi connectivity index (χ0n) is 19.8. The van der Waals surface area contributed by atoms with Gasteiger partial charge in [0.25, 0.3) is 0 Å². The Labute approximate surface area is 220 Å². The summed E-state index contributed by atoms with van der Waals surface area (Å²) < 4.78 is 19.2. The summed E-state index contributed by atoms with van der Waals surface area (Å²) in [5, 5.41) is 17.0. The molecule has 0 atom stereocenters. The Morgan fingerprint density at radius 2 is 1.66 bits per heavy atom. The van der Waals surface area contributed by atoms with E-state index in [0.29, 0.717) is 16.3 Å². The highest BCUT2D eigenvalue weighted by atomic mass is 32.1. The first-order valence-corrected chi connectivity index (χ1v) is 12.3. The molecule has 0 saturated carbocycles. The van der Waals surface area contributed by atoms with Gasteiger partial charge in [0, 0.05) is 11.1 Å². The van der Waals surface area contributed by atoms with Crippen LogP contribution < -0.4 is 15.5 Å². The summed E-state index contributed by atoms with van der Waals surface area (Å²) in [6.07, 6.45) is 1.42. The first-order valence-electron chi connectivity index (χ1n) is 11.5. The lowest BCUT2D eigenvalue weighted by Crippen LogP contribution is -2.32. The molecule has 0 saturated heterocycles. The monoisotopic (exact) mass is 525 g/mol. The van der Waals surface area contributed by atoms with Crippen LogP contribution in [0.15, 0.2) is 96.1 Å². The Morgan fingerprint density at radius 3 is 2.47 bits per heavy atom. The van der Waals surface area contributed by atoms with Crippen molar-refractivity contribution in [2.45, 2.75) is 6.61 Å². The average molecular weight is 526 g/mol. The van der Waals surface area contributed by atoms with Gasteiger partial charge in [-0.1, -0.05) is 84.1 Å². The Hall–Kier alpha value is -4.96. The Kier molecular flexibility index (Phi) is 7.42. The zero-order chi connectivity index (χ0) is 26.3. The number of amides is 2. The molecule has 0 unspecified atom stereocenters. The highest BCUT2D eigenvalue weighted by Gasteiger charge is 2.16. The van der Waals surface area contributed by atoms with Crippen LogP contribution in [0.5, 0.6) is 5.75 Å². The molecular weight excluding hydrogens is 505 g/mol. The largest absolute Gasteiger partial charge is 0.488 e. The molecule has 4 aromatic carbocycles. The number of nitrogens with one attached hydrogen (secondary N) is 2. The van der Waals surface area contributed by atoms with Crippen LogP contribution >= 0.6 is 11.3 Å². The van der Waals surface area contributed by atoms with Crippen LogP contribution in [0.25, 0.3) is 21.3 Å². The number of hydrogen-bond acceptors (Lipinski definition) is 7. The maximum absolute atomic E-state index is 13.2. The molecule has 0 aliphatic carbocycles. The molecule has 0 aliphatic heterocycles. The van der Waals surface area contributed by atoms with Crippen molar-refractivity contribution in [1.29, 1.82) is 0 Å². The third kappa shape index (κ3) is 5.88. The van der Waals surface area contributed by atoms with Gasteiger partial charge in [-0.2, -0.15) is 5.10 Å². The van der Waals surface area contributed by atoms with Crippen molar-refractivity contribution in [2.24, 2.45) is 5.10 Å². The summed E-state index contributed by atoms with van der Waals surface area (Å²) in [7, 11) is 0. The molecule has 0 fully saturated rings. The van der Waals surface area contributed by atoms with E-state index >= 15 is 0 Å². The van der Waals surface area contributed by atoms with Crippen LogP contribution in [0, 0.1) is 5.82 Å². The second kappa shape index (κ2) is 11.4. The van der Waals surface area contributed by atoms with Crippen LogP contribution in [0.4, 0.5) is 9.52 Å². The molecule has 8 nitrogen and oxygen atoms in total. The van der Waals surface area contributed by atoms with Gasteiger partial charge in [-0.15, -0.1) is 10.2 Å². The fraction of sp³-hybridized carbons (Fsp3) is 0.0357. The summed E-state index contributed by atoms with van der Waals surface area (Å²) >= 11 is 1.15. The number of rotatable bonds is 7. The van der Waals surface area contributed by atoms with E-state index in [4.69, 9.17) is 4.74 Å². The molecule has 2 N–H and O–H groups in total. The molecular formula is C28H20FN5O3S. The number of nitrogens with zero attached hydrogens (tertiary/aromatic N) is 3. The maximum Gasteiger partial charge on any atom is 0.329 e. The highest BCUT2D eigenvalue weighted by Crippen LogP contribution is 2.28. The predicted octanol–water partition coefficient (Wildman–Crippen LogP) is 5.17. The molecule has 0 radical (unpaired) electrons. The first-order chi connectivity index (χ1) is 18.6. The number of hydrazone groups is 1. The Bertz CT molecular complexity index is 1620. The van der Waals surface area contributed by atoms with Gasteiger partial charge < -0.3 is 4.74 Å². The zero-order valence-corrected chi connectivity index (χ0v) is 20.6. The van der Waals surface area contributed by atoms with Crippen LogP contribution in [0.3, 0.4) is 0 Å². The molecule has 0 bridgehead atoms. The quantitative estimate of drug-likeness (QED) is 0.173. The number of anilines is 1. The topological polar surface area (TPSA) is 106 Å². The standard InChI is InChI=1S/C28H20FN5O3S/c29-21-13-10-18(11-14-21)17-37-24-15-12-19-6-4-5-9-22(19)23(24)16-30-32-26(36)25(35)31-28-34-33-27(38-28)20-7-2-1-3-8-20/h1-16H,17H2,(H,32,36)(H,31,34,35). The van der Waals surface area contributed by atoms with E-state index in [1.807, 2.05) is 60.7 Å². The molecule has 10 heteroatoms. The minimum Gasteiger partial charge on any atom is -0.488 e. The van der Waals surface area contributed by atoms with Crippen molar-refractivity contribution in [3.63, 3.8) is 0 Å². The third-order valence-corrected chi connectivity index (χ3v) is 6.36. The van der Waals surface area contributed by atoms with Gasteiger partial charge in [0.05, 0.1) is 6.21 Å². The summed E-state index contributed by atoms with van der Waals surface area (Å²) in [6.45, 7) is 0.209. The third-order valence-electron chi connectivity index (χ3n) is 5.47. The van der Waals surface area contributed by atoms with E-state index in [-0.39, 0.29) is 17.6 Å². The molecule has 2 amide bonds. The highest BCUT2D eigenvalue weighted by molar-refractivity contribution is 7.18. The van der Waals surface area contributed by atoms with Gasteiger partial charge in [0.2, 0.25) is 5.13 Å². The van der Waals surface area contributed by atoms with E-state index in [9.17, 15) is 14.0 Å². The van der Waals surface area contributed by atoms with Gasteiger partial charge in [-0.3, -0.25) is 14.9 Å². The molecule has 1 heterocycles. The molecule has 0 spiro atoms. The SMILES string of the molecule is O=C(NN=Cc1c(OCc2ccc(F)cc2)ccc2ccccc12)C(=O)Nc1nnc(-c2ccccc2)s1. The van der Waals surface area contributed by atoms with Crippen molar-refractivity contribution < 1.29 is 18.7 Å². The number of benzene rings is 4. The minimum atomic E-state index is -0.966. The average Bonchev–Trinajstić information content (AvgIpc) is 3.42. The number of aromatic nitrogens is 2. The van der Waals surface area contributed by atoms with E-state index in [1.54, 1.807) is 18.2 Å². The van der Waals surface area contributed by atoms with E-state index in [2.05, 4.69) is 26.0 Å². The second-order valence-corrected chi connectivity index (χ2v) is 9.02. The molecule has 5 rings (SSSR count). The Balaban J connectivity index is 1.27. The van der Waals surface area contributed by atoms with Crippen molar-refractivity contribution in [3.8, 4) is 16.3 Å². The number of hydrogen-bond donors (Lipinski definition) is 2. The molecule has 1 aromatic heterocycles. The van der Waals surface area contributed by atoms with E-state index < -0.39 is 11.8 Å². The number of halogens is 1. The van der Waals surface area contributed by atoms with Crippen LogP contribution in [-0.2, 0) is 16.2 Å². The molecule has 5 aromatic rings. The lowest BCUT2D eigenvalue weighted by Gasteiger charge is -2.12. The second-order valence-electron chi connectivity index (χ2n) is 8.05. The Morgan fingerprint density at radius 1 is 0.895 bits per heavy atom. The van der Waals surface area contributed by atoms with Crippen molar-refractivity contribution in [2.75, 3.05) is 5.32 Å². The normalized spacial score (nSPS) is 11.0. The van der Waals surface area contributed by atoms with E-state index in [0.717, 1.165) is 33.2 Å². The van der Waals surface area contributed by atoms with Gasteiger partial charge in [-0.25, -0.2) is 9.82 Å². The van der Waals surface area contributed by atoms with Crippen molar-refractivity contribution >= 4 is 45.3 Å². The first kappa shape index (κ1) is 24.7. The van der Waals surface area contributed by atoms with Gasteiger partial charge in [-0.05, 0) is 34.5 Å². The summed E-state index contributed by atoms with van der Waals surface area (Å²) in [6, 6.07) is 26.7. The summed E-state index contributed by atoms with van der Waals surface area (Å²) in [4.78, 5) is 24.7. The van der Waals surface area contributed by atoms with Crippen molar-refractivity contribution in [3.05, 3.63) is 108 Å². The fourth-order valence-electron chi connectivity index (χ4n) is 3.61. The minimum absolute atomic E-state index is 0.193. The summed E-state index contributed by atoms with van der Waals surface area (Å²) in [5.41, 5.74) is 4.50. The van der Waals surface area contributed by atoms with Crippen LogP contribution in [0.2, 0.25) is 0 Å². The van der Waals surface area contributed by atoms with Gasteiger partial charge >= 0.3 is 11.8 Å². The van der Waals surface area contributed by atoms with Crippen LogP contribution in [0.1, 0.15) is 11.1 Å². The number of carbonyl (C=O) groups excluding carboxylic acids is 2. The molecule has 188 valence electrons. The van der Waals surface area contributed by atoms with Crippen molar-refractivity contribution in [1.82, 2.24) is 15.6 Å². The predicted molar refractivity (Wildman–Crippen MR) is 144 cm³/mol.